The van der Waals surface area contributed by atoms with Gasteiger partial charge < -0.3 is 83.0 Å². The van der Waals surface area contributed by atoms with Gasteiger partial charge in [0.25, 0.3) is 23.6 Å². The maximum Gasteiger partial charge on any atom is 0.310 e. The molecule has 25 nitrogen and oxygen atoms in total. The number of hydrogen-bond acceptors (Lipinski definition) is 20. The van der Waals surface area contributed by atoms with Gasteiger partial charge in [0.2, 0.25) is 5.91 Å². The number of ether oxygens (including phenoxy) is 5. The Morgan fingerprint density at radius 1 is 0.425 bits per heavy atom. The van der Waals surface area contributed by atoms with Gasteiger partial charge in [0.05, 0.1) is 70.8 Å². The van der Waals surface area contributed by atoms with Gasteiger partial charge in [0, 0.05) is 85.8 Å². The molecule has 1 aromatic heterocycles. The van der Waals surface area contributed by atoms with Gasteiger partial charge in [-0.15, -0.1) is 0 Å². The molecule has 0 spiro atoms. The highest BCUT2D eigenvalue weighted by atomic mass is 16.5. The number of piperidine rings is 3. The van der Waals surface area contributed by atoms with Crippen molar-refractivity contribution >= 4 is 47.4 Å². The van der Waals surface area contributed by atoms with Crippen LogP contribution in [0.25, 0.3) is 33.4 Å². The number of nitrogens with two attached hydrogens (primary N) is 5. The lowest BCUT2D eigenvalue weighted by atomic mass is 9.85. The lowest BCUT2D eigenvalue weighted by molar-refractivity contribution is -0.148. The number of hydrogen-bond donors (Lipinski definition) is 8. The van der Waals surface area contributed by atoms with Crippen LogP contribution in [0.4, 0.5) is 0 Å². The van der Waals surface area contributed by atoms with Crippen LogP contribution in [0.3, 0.4) is 0 Å². The normalized spacial score (nSPS) is 17.1. The number of rotatable bonds is 28. The van der Waals surface area contributed by atoms with Gasteiger partial charge in [0.15, 0.2) is 11.5 Å². The molecule has 0 bridgehead atoms. The molecule has 4 heterocycles. The highest BCUT2D eigenvalue weighted by Gasteiger charge is 2.36. The van der Waals surface area contributed by atoms with Crippen molar-refractivity contribution < 1.29 is 62.0 Å². The van der Waals surface area contributed by atoms with Crippen LogP contribution in [0.15, 0.2) is 171 Å². The Kier molecular flexibility index (Phi) is 30.5. The molecule has 3 fully saturated rings. The number of amides is 5. The van der Waals surface area contributed by atoms with Crippen LogP contribution in [0, 0.1) is 35.5 Å². The molecule has 0 saturated carbocycles. The molecule has 9 rings (SSSR count). The summed E-state index contributed by atoms with van der Waals surface area (Å²) in [5, 5.41) is 8.91. The predicted molar refractivity (Wildman–Crippen MR) is 408 cm³/mol. The molecule has 25 heteroatoms. The third kappa shape index (κ3) is 23.1. The minimum absolute atomic E-state index is 0.170. The number of nitrogens with one attached hydrogen (secondary N) is 3. The highest BCUT2D eigenvalue weighted by molar-refractivity contribution is 5.98. The molecule has 9 atom stereocenters. The van der Waals surface area contributed by atoms with Crippen molar-refractivity contribution in [1.29, 1.82) is 0 Å². The summed E-state index contributed by atoms with van der Waals surface area (Å²) in [7, 11) is 7.30. The number of benzene rings is 5. The lowest BCUT2D eigenvalue weighted by Gasteiger charge is -2.36. The second-order valence-corrected chi connectivity index (χ2v) is 27.3. The average molecular weight is 1450 g/mol. The van der Waals surface area contributed by atoms with E-state index >= 15 is 0 Å². The first-order valence-electron chi connectivity index (χ1n) is 35.6. The van der Waals surface area contributed by atoms with Crippen molar-refractivity contribution in [2.45, 2.75) is 96.7 Å². The van der Waals surface area contributed by atoms with Gasteiger partial charge in [0.1, 0.15) is 5.69 Å². The van der Waals surface area contributed by atoms with E-state index in [1.807, 2.05) is 84.0 Å². The molecule has 0 aliphatic carbocycles. The van der Waals surface area contributed by atoms with E-state index < -0.39 is 47.7 Å². The summed E-state index contributed by atoms with van der Waals surface area (Å²) in [4.78, 5) is 110. The molecular weight excluding hydrogens is 1350 g/mol. The zero-order valence-electron chi connectivity index (χ0n) is 62.1. The van der Waals surface area contributed by atoms with E-state index in [2.05, 4.69) is 40.7 Å². The third-order valence-corrected chi connectivity index (χ3v) is 19.9. The van der Waals surface area contributed by atoms with Crippen LogP contribution < -0.4 is 54.1 Å². The Bertz CT molecular complexity index is 3880. The zero-order chi connectivity index (χ0) is 77.3. The first-order chi connectivity index (χ1) is 50.6. The van der Waals surface area contributed by atoms with Gasteiger partial charge in [-0.25, -0.2) is 0 Å². The Labute approximate surface area is 621 Å². The van der Waals surface area contributed by atoms with Gasteiger partial charge in [-0.2, -0.15) is 0 Å². The van der Waals surface area contributed by atoms with Crippen molar-refractivity contribution in [3.05, 3.63) is 199 Å². The predicted octanol–water partition coefficient (Wildman–Crippen LogP) is 8.99. The topological polar surface area (TPSA) is 372 Å². The molecule has 566 valence electrons. The minimum atomic E-state index is -0.606. The summed E-state index contributed by atoms with van der Waals surface area (Å²) in [5.41, 5.74) is 35.5. The first-order valence-corrected chi connectivity index (χ1v) is 35.6. The minimum Gasteiger partial charge on any atom is -0.493 e. The molecule has 106 heavy (non-hydrogen) atoms. The standard InChI is InChI=1S/C28H37N3O5.C27H34N4O4.C26H33N5O4/c1-18(24(28(33)36-5)15-20-7-6-14-31(17-20)19(2)29)30-27(32)22-10-8-21(9-11-22)23-12-13-25(34-3)26(16-23)35-4;1-17(24(27(34)35-3)14-19-6-5-13-31(16-19)18(2)28)30-26(33)21-11-9-20(10-12-21)22-7-4-8-23(15-22)25(29)32;1-16(22(26(34)35-3)13-18-5-4-12-31(15-18)17(2)27)30-25(33)20-8-6-19(7-9-20)21-10-11-29-23(14-21)24(28)32/h8-13,16,18,20,24H,2,6-7,14-15,17,29H2,1,3-5H3,(H,30,32);4,7-12,15,17,19,24H,2,5-6,13-14,16,28H2,1,3H3,(H2,29,32)(H,30,33);6-11,14,16,18,22H,2,4-5,12-13,15,27H2,1,3H3,(H2,28,32)(H,30,33)/t18-,20?,24-;17-,19?,24-;16-,18?,22-/m111/s1. The number of methoxy groups -OCH3 is 5. The molecule has 5 amide bonds. The van der Waals surface area contributed by atoms with E-state index in [1.165, 1.54) is 27.5 Å². The van der Waals surface area contributed by atoms with E-state index in [-0.39, 0.29) is 59.1 Å². The molecule has 0 radical (unpaired) electrons. The second-order valence-electron chi connectivity index (χ2n) is 27.3. The average Bonchev–Trinajstić information content (AvgIpc) is 0.875. The molecule has 3 saturated heterocycles. The van der Waals surface area contributed by atoms with Gasteiger partial charge in [-0.1, -0.05) is 74.3 Å². The number of nitrogens with zero attached hydrogens (tertiary/aromatic N) is 4. The summed E-state index contributed by atoms with van der Waals surface area (Å²) < 4.78 is 25.9. The number of carbonyl (C=O) groups is 8. The number of esters is 3. The van der Waals surface area contributed by atoms with Crippen molar-refractivity contribution in [3.8, 4) is 44.9 Å². The van der Waals surface area contributed by atoms with E-state index in [0.29, 0.717) is 70.5 Å². The molecular formula is C81H104N12O13. The largest absolute Gasteiger partial charge is 0.493 e. The van der Waals surface area contributed by atoms with Crippen molar-refractivity contribution in [2.75, 3.05) is 74.8 Å². The fourth-order valence-corrected chi connectivity index (χ4v) is 13.8. The van der Waals surface area contributed by atoms with Crippen LogP contribution in [0.2, 0.25) is 0 Å². The smallest absolute Gasteiger partial charge is 0.310 e. The molecule has 13 N–H and O–H groups in total. The van der Waals surface area contributed by atoms with Crippen molar-refractivity contribution in [2.24, 2.45) is 64.2 Å². The fourth-order valence-electron chi connectivity index (χ4n) is 13.8. The van der Waals surface area contributed by atoms with Crippen LogP contribution in [0.1, 0.15) is 130 Å². The molecule has 3 aliphatic heterocycles. The molecule has 3 aliphatic rings. The quantitative estimate of drug-likeness (QED) is 0.0168. The third-order valence-electron chi connectivity index (χ3n) is 19.9. The summed E-state index contributed by atoms with van der Waals surface area (Å²) in [6.07, 6.45) is 9.19. The summed E-state index contributed by atoms with van der Waals surface area (Å²) in [5.74, 6) is -0.654. The number of carbonyl (C=O) groups excluding carboxylic acids is 8. The summed E-state index contributed by atoms with van der Waals surface area (Å²) >= 11 is 0. The first kappa shape index (κ1) is 81.9. The molecule has 6 aromatic rings. The van der Waals surface area contributed by atoms with Crippen LogP contribution >= 0.6 is 0 Å². The maximum atomic E-state index is 13.0. The summed E-state index contributed by atoms with van der Waals surface area (Å²) in [6, 6.07) is 36.1. The Balaban J connectivity index is 0.000000222. The number of aromatic nitrogens is 1. The van der Waals surface area contributed by atoms with E-state index in [9.17, 15) is 38.4 Å². The zero-order valence-corrected chi connectivity index (χ0v) is 62.1. The number of primary amides is 2. The van der Waals surface area contributed by atoms with Crippen molar-refractivity contribution in [1.82, 2.24) is 35.6 Å². The highest BCUT2D eigenvalue weighted by Crippen LogP contribution is 2.34. The molecule has 5 aromatic carbocycles. The fraction of sp³-hybridized carbons (Fsp3) is 0.395. The van der Waals surface area contributed by atoms with E-state index in [4.69, 9.17) is 52.4 Å². The Morgan fingerprint density at radius 2 is 0.764 bits per heavy atom. The second kappa shape index (κ2) is 39.5. The van der Waals surface area contributed by atoms with E-state index in [1.54, 1.807) is 93.1 Å². The van der Waals surface area contributed by atoms with Gasteiger partial charge in [-0.3, -0.25) is 43.3 Å². The van der Waals surface area contributed by atoms with Crippen LogP contribution in [-0.4, -0.2) is 160 Å². The van der Waals surface area contributed by atoms with Crippen LogP contribution in [-0.2, 0) is 28.6 Å². The van der Waals surface area contributed by atoms with Crippen molar-refractivity contribution in [3.63, 3.8) is 0 Å². The monoisotopic (exact) mass is 1450 g/mol. The summed E-state index contributed by atoms with van der Waals surface area (Å²) in [6.45, 7) is 21.8. The van der Waals surface area contributed by atoms with Gasteiger partial charge in [-0.05, 0) is 202 Å². The molecule has 3 unspecified atom stereocenters. The Hall–Kier alpha value is -11.4. The maximum absolute atomic E-state index is 13.0. The number of pyridine rings is 1. The Morgan fingerprint density at radius 3 is 1.08 bits per heavy atom. The van der Waals surface area contributed by atoms with Gasteiger partial charge >= 0.3 is 17.9 Å². The SMILES string of the molecule is C=C(N)N1CCCC(C[C@@H](C(=O)OC)[C@@H](C)NC(=O)c2ccc(-c3ccc(OC)c(OC)c3)cc2)C1.C=C(N)N1CCCC(C[C@@H](C(=O)OC)[C@@H](C)NC(=O)c2ccc(-c3cccc(C(N)=O)c3)cc2)C1.C=C(N)N1CCCC(C[C@@H](C(=O)OC)[C@@H](C)NC(=O)c2ccc(-c3ccnc(C(N)=O)c3)cc2)C1. The van der Waals surface area contributed by atoms with Crippen LogP contribution in [0.5, 0.6) is 11.5 Å². The van der Waals surface area contributed by atoms with E-state index in [0.717, 1.165) is 111 Å². The number of likely N-dealkylation sites (tertiary alicyclic amines) is 3. The lowest BCUT2D eigenvalue weighted by Crippen LogP contribution is -2.44.